The molecule has 0 spiro atoms. The van der Waals surface area contributed by atoms with E-state index in [0.29, 0.717) is 50.2 Å². The summed E-state index contributed by atoms with van der Waals surface area (Å²) in [5.74, 6) is -0.0192. The highest BCUT2D eigenvalue weighted by Crippen LogP contribution is 2.34. The van der Waals surface area contributed by atoms with E-state index in [4.69, 9.17) is 20.8 Å². The maximum absolute atomic E-state index is 13.4. The lowest BCUT2D eigenvalue weighted by atomic mass is 10.1. The number of rotatable bonds is 2. The monoisotopic (exact) mass is 437 g/mol. The molecule has 3 aromatic rings. The lowest BCUT2D eigenvalue weighted by molar-refractivity contribution is -0.142. The summed E-state index contributed by atoms with van der Waals surface area (Å²) in [5.41, 5.74) is 2.83. The van der Waals surface area contributed by atoms with E-state index in [1.165, 1.54) is 11.9 Å². The number of hydrogen-bond acceptors (Lipinski definition) is 9. The first kappa shape index (κ1) is 19.3. The number of ether oxygens (including phenoxy) is 1. The minimum Gasteiger partial charge on any atom is -0.461 e. The van der Waals surface area contributed by atoms with Crippen LogP contribution in [0.2, 0.25) is 5.02 Å². The third-order valence-electron chi connectivity index (χ3n) is 5.04. The average molecular weight is 438 g/mol. The number of anilines is 1. The third kappa shape index (κ3) is 3.05. The van der Waals surface area contributed by atoms with Crippen molar-refractivity contribution in [3.8, 4) is 0 Å². The van der Waals surface area contributed by atoms with Crippen molar-refractivity contribution in [1.82, 2.24) is 9.99 Å². The predicted octanol–water partition coefficient (Wildman–Crippen LogP) is 1.96. The van der Waals surface area contributed by atoms with E-state index in [1.54, 1.807) is 38.4 Å². The first-order chi connectivity index (χ1) is 14.8. The van der Waals surface area contributed by atoms with E-state index in [2.05, 4.69) is 20.4 Å². The molecule has 10 heteroatoms. The second-order valence-corrected chi connectivity index (χ2v) is 7.62. The second kappa shape index (κ2) is 6.92. The van der Waals surface area contributed by atoms with Crippen molar-refractivity contribution in [1.29, 1.82) is 0 Å². The fourth-order valence-electron chi connectivity index (χ4n) is 3.58. The van der Waals surface area contributed by atoms with E-state index in [0.717, 1.165) is 0 Å². The number of carbonyl (C=O) groups is 1. The maximum atomic E-state index is 13.4. The quantitative estimate of drug-likeness (QED) is 0.610. The van der Waals surface area contributed by atoms with Crippen molar-refractivity contribution in [3.05, 3.63) is 61.7 Å². The molecule has 0 fully saturated rings. The van der Waals surface area contributed by atoms with Crippen LogP contribution in [-0.4, -0.2) is 28.8 Å². The Hall–Kier alpha value is -3.72. The van der Waals surface area contributed by atoms with Crippen molar-refractivity contribution in [2.75, 3.05) is 12.4 Å². The molecule has 0 radical (unpaired) electrons. The van der Waals surface area contributed by atoms with E-state index >= 15 is 0 Å². The van der Waals surface area contributed by atoms with Crippen molar-refractivity contribution < 1.29 is 13.9 Å². The van der Waals surface area contributed by atoms with E-state index in [9.17, 15) is 9.59 Å². The van der Waals surface area contributed by atoms with Gasteiger partial charge < -0.3 is 14.5 Å². The number of hydrogen-bond donors (Lipinski definition) is 1. The molecule has 0 atom stereocenters. The number of aryl methyl sites for hydroxylation is 1. The Morgan fingerprint density at radius 3 is 2.94 bits per heavy atom. The third-order valence-corrected chi connectivity index (χ3v) is 5.27. The molecule has 0 unspecified atom stereocenters. The molecule has 1 N–H and O–H groups in total. The second-order valence-electron chi connectivity index (χ2n) is 7.18. The van der Waals surface area contributed by atoms with Crippen LogP contribution in [0.3, 0.4) is 0 Å². The molecule has 2 aliphatic heterocycles. The summed E-state index contributed by atoms with van der Waals surface area (Å²) in [6.07, 6.45) is 1.56. The zero-order valence-corrected chi connectivity index (χ0v) is 17.6. The Balaban J connectivity index is 1.87. The lowest BCUT2D eigenvalue weighted by Crippen LogP contribution is -2.41. The van der Waals surface area contributed by atoms with Gasteiger partial charge in [0.1, 0.15) is 17.7 Å². The van der Waals surface area contributed by atoms with Gasteiger partial charge in [-0.05, 0) is 25.1 Å². The number of aliphatic imine (C=N–C) groups is 1. The summed E-state index contributed by atoms with van der Waals surface area (Å²) in [7, 11) is 1.70. The largest absolute Gasteiger partial charge is 0.461 e. The van der Waals surface area contributed by atoms with Crippen LogP contribution in [0.1, 0.15) is 18.2 Å². The number of carbonyl (C=O) groups excluding carboxylic acids is 1. The Bertz CT molecular complexity index is 1510. The van der Waals surface area contributed by atoms with Gasteiger partial charge >= 0.3 is 5.97 Å². The average Bonchev–Trinajstić information content (AvgIpc) is 2.78. The molecule has 2 aliphatic rings. The number of halogens is 1. The zero-order valence-electron chi connectivity index (χ0n) is 16.8. The van der Waals surface area contributed by atoms with Crippen molar-refractivity contribution >= 4 is 51.4 Å². The van der Waals surface area contributed by atoms with Gasteiger partial charge in [-0.1, -0.05) is 11.6 Å². The Morgan fingerprint density at radius 1 is 1.35 bits per heavy atom. The molecule has 156 valence electrons. The number of nitrogens with zero attached hydrogens (tertiary/aromatic N) is 4. The molecular formula is C21H16ClN5O4. The van der Waals surface area contributed by atoms with Gasteiger partial charge in [0.05, 0.1) is 22.5 Å². The van der Waals surface area contributed by atoms with Gasteiger partial charge in [0.25, 0.3) is 5.43 Å². The van der Waals surface area contributed by atoms with Crippen LogP contribution in [0.5, 0.6) is 0 Å². The van der Waals surface area contributed by atoms with E-state index < -0.39 is 11.4 Å². The molecule has 2 aromatic heterocycles. The highest BCUT2D eigenvalue weighted by molar-refractivity contribution is 6.31. The number of fused-ring (bicyclic) bond motifs is 6. The fraction of sp³-hybridized carbons (Fsp3) is 0.190. The summed E-state index contributed by atoms with van der Waals surface area (Å²) in [6.45, 7) is 3.02. The molecule has 5 rings (SSSR count). The number of nitrogens with one attached hydrogen (secondary N) is 1. The van der Waals surface area contributed by atoms with Crippen molar-refractivity contribution in [2.24, 2.45) is 10.1 Å². The summed E-state index contributed by atoms with van der Waals surface area (Å²) >= 11 is 6.12. The minimum absolute atomic E-state index is 0.0562. The Labute approximate surface area is 180 Å². The zero-order chi connectivity index (χ0) is 21.9. The SMILES string of the molecule is CC(=O)OCc1cnc(C)c2oc3c(=O)c(c12)=NN(C)C1=Nc2ccc(Cl)cc2NC=31. The normalized spacial score (nSPS) is 14.1. The van der Waals surface area contributed by atoms with E-state index in [1.807, 2.05) is 0 Å². The van der Waals surface area contributed by atoms with Crippen LogP contribution >= 0.6 is 11.6 Å². The molecule has 2 bridgehead atoms. The number of benzene rings is 1. The Morgan fingerprint density at radius 2 is 2.16 bits per heavy atom. The number of likely N-dealkylation sites (N-methyl/N-ethyl adjacent to an activating group) is 1. The van der Waals surface area contributed by atoms with Crippen LogP contribution in [0, 0.1) is 6.92 Å². The molecule has 0 saturated carbocycles. The van der Waals surface area contributed by atoms with Gasteiger partial charge in [0.2, 0.25) is 5.42 Å². The number of amidine groups is 1. The molecule has 1 aromatic carbocycles. The van der Waals surface area contributed by atoms with Crippen molar-refractivity contribution in [2.45, 2.75) is 20.5 Å². The van der Waals surface area contributed by atoms with Crippen LogP contribution in [-0.2, 0) is 16.1 Å². The first-order valence-electron chi connectivity index (χ1n) is 9.40. The standard InChI is InChI=1S/C21H16ClN5O4/c1-9-19-15(11(7-23-9)8-30-10(2)28)16-18(29)20(31-19)17-21(27(3)26-16)25-13-5-4-12(22)6-14(13)24-17/h4-7,24H,8H2,1-3H3. The highest BCUT2D eigenvalue weighted by atomic mass is 35.5. The van der Waals surface area contributed by atoms with Crippen LogP contribution in [0.4, 0.5) is 11.4 Å². The lowest BCUT2D eigenvalue weighted by Gasteiger charge is -2.23. The summed E-state index contributed by atoms with van der Waals surface area (Å²) < 4.78 is 11.2. The van der Waals surface area contributed by atoms with Gasteiger partial charge in [0, 0.05) is 30.8 Å². The van der Waals surface area contributed by atoms with Gasteiger partial charge in [-0.25, -0.2) is 10.0 Å². The van der Waals surface area contributed by atoms with Gasteiger partial charge in [-0.15, -0.1) is 0 Å². The molecule has 31 heavy (non-hydrogen) atoms. The topological polar surface area (TPSA) is 109 Å². The minimum atomic E-state index is -0.443. The molecule has 4 heterocycles. The van der Waals surface area contributed by atoms with E-state index in [-0.39, 0.29) is 17.4 Å². The number of aromatic nitrogens is 1. The van der Waals surface area contributed by atoms with Crippen LogP contribution < -0.4 is 21.5 Å². The fourth-order valence-corrected chi connectivity index (χ4v) is 3.76. The highest BCUT2D eigenvalue weighted by Gasteiger charge is 2.27. The summed E-state index contributed by atoms with van der Waals surface area (Å²) in [4.78, 5) is 33.7. The smallest absolute Gasteiger partial charge is 0.302 e. The maximum Gasteiger partial charge on any atom is 0.302 e. The number of esters is 1. The molecule has 0 aliphatic carbocycles. The summed E-state index contributed by atoms with van der Waals surface area (Å²) in [6, 6.07) is 5.24. The molecular weight excluding hydrogens is 422 g/mol. The van der Waals surface area contributed by atoms with Gasteiger partial charge in [-0.2, -0.15) is 5.10 Å². The number of pyridine rings is 1. The van der Waals surface area contributed by atoms with Crippen LogP contribution in [0.15, 0.2) is 43.7 Å². The Kier molecular flexibility index (Phi) is 4.30. The van der Waals surface area contributed by atoms with Gasteiger partial charge in [-0.3, -0.25) is 14.6 Å². The van der Waals surface area contributed by atoms with Gasteiger partial charge in [0.15, 0.2) is 11.4 Å². The molecule has 0 saturated heterocycles. The molecule has 9 nitrogen and oxygen atoms in total. The van der Waals surface area contributed by atoms with Crippen LogP contribution in [0.25, 0.3) is 16.7 Å². The first-order valence-corrected chi connectivity index (χ1v) is 9.78. The summed E-state index contributed by atoms with van der Waals surface area (Å²) in [5, 5.41) is 10.4. The molecule has 0 amide bonds. The van der Waals surface area contributed by atoms with Crippen molar-refractivity contribution in [3.63, 3.8) is 0 Å². The predicted molar refractivity (Wildman–Crippen MR) is 115 cm³/mol.